The lowest BCUT2D eigenvalue weighted by atomic mass is 10.2. The Labute approximate surface area is 92.4 Å². The molecular formula is C11H24NOS+. The predicted octanol–water partition coefficient (Wildman–Crippen LogP) is 2.98. The summed E-state index contributed by atoms with van der Waals surface area (Å²) in [6.07, 6.45) is 0. The molecule has 0 saturated carbocycles. The number of nitrogens with zero attached hydrogens (tertiary/aromatic N) is 1. The summed E-state index contributed by atoms with van der Waals surface area (Å²) >= 11 is 1.52. The summed E-state index contributed by atoms with van der Waals surface area (Å²) in [4.78, 5) is 0. The fourth-order valence-corrected chi connectivity index (χ4v) is 1.92. The third kappa shape index (κ3) is 6.30. The number of hydrogen-bond donors (Lipinski definition) is 1. The number of rotatable bonds is 5. The summed E-state index contributed by atoms with van der Waals surface area (Å²) in [6.45, 7) is 12.7. The van der Waals surface area contributed by atoms with Crippen molar-refractivity contribution in [1.29, 1.82) is 0 Å². The van der Waals surface area contributed by atoms with Gasteiger partial charge in [0.25, 0.3) is 0 Å². The largest absolute Gasteiger partial charge is 0.455 e. The highest BCUT2D eigenvalue weighted by atomic mass is 32.2. The van der Waals surface area contributed by atoms with Gasteiger partial charge in [0, 0.05) is 17.6 Å². The van der Waals surface area contributed by atoms with Gasteiger partial charge in [-0.05, 0) is 11.8 Å². The van der Waals surface area contributed by atoms with Gasteiger partial charge in [0.05, 0.1) is 0 Å². The standard InChI is InChI=1S/C11H23NOS/c1-6-14-11(13)12(7-9(2)3)8-10(4)5/h9-10H,6-8H2,1-5H3/p+1. The van der Waals surface area contributed by atoms with Crippen LogP contribution in [0.15, 0.2) is 0 Å². The molecule has 0 amide bonds. The van der Waals surface area contributed by atoms with Gasteiger partial charge in [-0.3, -0.25) is 0 Å². The smallest absolute Gasteiger partial charge is 0.398 e. The lowest BCUT2D eigenvalue weighted by Crippen LogP contribution is -2.27. The Hall–Kier alpha value is -0.180. The zero-order chi connectivity index (χ0) is 11.1. The van der Waals surface area contributed by atoms with Crippen LogP contribution in [0.5, 0.6) is 0 Å². The molecule has 0 bridgehead atoms. The first kappa shape index (κ1) is 13.8. The molecule has 0 aliphatic carbocycles. The summed E-state index contributed by atoms with van der Waals surface area (Å²) in [7, 11) is 0. The Morgan fingerprint density at radius 3 is 1.86 bits per heavy atom. The zero-order valence-electron chi connectivity index (χ0n) is 10.1. The van der Waals surface area contributed by atoms with Crippen molar-refractivity contribution in [2.24, 2.45) is 11.8 Å². The third-order valence-corrected chi connectivity index (χ3v) is 2.52. The molecule has 0 unspecified atom stereocenters. The van der Waals surface area contributed by atoms with E-state index in [-0.39, 0.29) is 0 Å². The summed E-state index contributed by atoms with van der Waals surface area (Å²) < 4.78 is 2.09. The molecule has 84 valence electrons. The van der Waals surface area contributed by atoms with Gasteiger partial charge in [0.1, 0.15) is 13.1 Å². The van der Waals surface area contributed by atoms with E-state index in [1.807, 2.05) is 0 Å². The average molecular weight is 218 g/mol. The van der Waals surface area contributed by atoms with Crippen molar-refractivity contribution in [2.45, 2.75) is 34.6 Å². The molecule has 0 aromatic rings. The third-order valence-electron chi connectivity index (χ3n) is 1.72. The minimum absolute atomic E-state index is 0.481. The van der Waals surface area contributed by atoms with Gasteiger partial charge in [0.2, 0.25) is 0 Å². The summed E-state index contributed by atoms with van der Waals surface area (Å²) in [5, 5.41) is 10.3. The van der Waals surface area contributed by atoms with Crippen molar-refractivity contribution in [3.05, 3.63) is 0 Å². The molecular weight excluding hydrogens is 194 g/mol. The van der Waals surface area contributed by atoms with E-state index in [1.165, 1.54) is 11.8 Å². The highest BCUT2D eigenvalue weighted by Crippen LogP contribution is 2.05. The maximum atomic E-state index is 9.81. The van der Waals surface area contributed by atoms with Gasteiger partial charge < -0.3 is 5.11 Å². The van der Waals surface area contributed by atoms with Crippen LogP contribution in [0.4, 0.5) is 0 Å². The Morgan fingerprint density at radius 1 is 1.14 bits per heavy atom. The minimum Gasteiger partial charge on any atom is -0.455 e. The molecule has 0 aromatic carbocycles. The van der Waals surface area contributed by atoms with Crippen LogP contribution in [-0.2, 0) is 0 Å². The number of aliphatic hydroxyl groups is 1. The SMILES string of the molecule is CCSC(O)=[N+](CC(C)C)CC(C)C. The van der Waals surface area contributed by atoms with Crippen molar-refractivity contribution in [2.75, 3.05) is 18.8 Å². The van der Waals surface area contributed by atoms with Crippen LogP contribution in [0.1, 0.15) is 34.6 Å². The van der Waals surface area contributed by atoms with Crippen molar-refractivity contribution in [3.63, 3.8) is 0 Å². The molecule has 0 radical (unpaired) electrons. The van der Waals surface area contributed by atoms with E-state index in [0.29, 0.717) is 17.1 Å². The average Bonchev–Trinajstić information content (AvgIpc) is 2.01. The van der Waals surface area contributed by atoms with Crippen molar-refractivity contribution < 1.29 is 9.68 Å². The van der Waals surface area contributed by atoms with E-state index in [2.05, 4.69) is 39.2 Å². The molecule has 0 aromatic heterocycles. The fourth-order valence-electron chi connectivity index (χ4n) is 1.33. The van der Waals surface area contributed by atoms with Crippen LogP contribution in [0, 0.1) is 11.8 Å². The van der Waals surface area contributed by atoms with Gasteiger partial charge in [-0.15, -0.1) is 0 Å². The fraction of sp³-hybridized carbons (Fsp3) is 0.909. The van der Waals surface area contributed by atoms with Gasteiger partial charge in [-0.25, -0.2) is 0 Å². The quantitative estimate of drug-likeness (QED) is 0.435. The molecule has 0 fully saturated rings. The Bertz CT molecular complexity index is 176. The van der Waals surface area contributed by atoms with E-state index in [1.54, 1.807) is 0 Å². The summed E-state index contributed by atoms with van der Waals surface area (Å²) in [6, 6.07) is 0. The second-order valence-corrected chi connectivity index (χ2v) is 5.64. The predicted molar refractivity (Wildman–Crippen MR) is 65.4 cm³/mol. The maximum Gasteiger partial charge on any atom is 0.398 e. The van der Waals surface area contributed by atoms with Gasteiger partial charge in [0.15, 0.2) is 0 Å². The van der Waals surface area contributed by atoms with Gasteiger partial charge in [-0.2, -0.15) is 4.58 Å². The van der Waals surface area contributed by atoms with Crippen LogP contribution >= 0.6 is 11.8 Å². The first-order chi connectivity index (χ1) is 6.47. The van der Waals surface area contributed by atoms with Gasteiger partial charge >= 0.3 is 5.23 Å². The molecule has 0 atom stereocenters. The summed E-state index contributed by atoms with van der Waals surface area (Å²) in [5.74, 6) is 2.11. The zero-order valence-corrected chi connectivity index (χ0v) is 10.9. The monoisotopic (exact) mass is 218 g/mol. The second kappa shape index (κ2) is 7.16. The highest BCUT2D eigenvalue weighted by molar-refractivity contribution is 8.13. The molecule has 0 rings (SSSR count). The second-order valence-electron chi connectivity index (χ2n) is 4.41. The summed E-state index contributed by atoms with van der Waals surface area (Å²) in [5.41, 5.74) is 0. The molecule has 0 heterocycles. The first-order valence-corrected chi connectivity index (χ1v) is 6.39. The number of hydrogen-bond acceptors (Lipinski definition) is 1. The molecule has 0 aliphatic heterocycles. The highest BCUT2D eigenvalue weighted by Gasteiger charge is 2.16. The molecule has 14 heavy (non-hydrogen) atoms. The van der Waals surface area contributed by atoms with E-state index in [9.17, 15) is 5.11 Å². The molecule has 0 aliphatic rings. The lowest BCUT2D eigenvalue weighted by molar-refractivity contribution is -0.543. The molecule has 0 spiro atoms. The molecule has 2 nitrogen and oxygen atoms in total. The molecule has 1 N–H and O–H groups in total. The topological polar surface area (TPSA) is 23.2 Å². The molecule has 0 saturated heterocycles. The number of thioether (sulfide) groups is 1. The normalized spacial score (nSPS) is 11.1. The van der Waals surface area contributed by atoms with Crippen LogP contribution in [0.25, 0.3) is 0 Å². The van der Waals surface area contributed by atoms with E-state index >= 15 is 0 Å². The van der Waals surface area contributed by atoms with E-state index in [0.717, 1.165) is 18.8 Å². The van der Waals surface area contributed by atoms with E-state index in [4.69, 9.17) is 0 Å². The van der Waals surface area contributed by atoms with Crippen LogP contribution < -0.4 is 0 Å². The lowest BCUT2D eigenvalue weighted by Gasteiger charge is -2.09. The van der Waals surface area contributed by atoms with E-state index < -0.39 is 0 Å². The van der Waals surface area contributed by atoms with Crippen molar-refractivity contribution in [3.8, 4) is 0 Å². The van der Waals surface area contributed by atoms with Gasteiger partial charge in [-0.1, -0.05) is 34.6 Å². The van der Waals surface area contributed by atoms with Crippen molar-refractivity contribution in [1.82, 2.24) is 0 Å². The Morgan fingerprint density at radius 2 is 1.57 bits per heavy atom. The Kier molecular flexibility index (Phi) is 7.06. The van der Waals surface area contributed by atoms with Crippen molar-refractivity contribution >= 4 is 17.0 Å². The number of aliphatic hydroxyl groups excluding tert-OH is 1. The van der Waals surface area contributed by atoms with Crippen LogP contribution in [0.2, 0.25) is 0 Å². The maximum absolute atomic E-state index is 9.81. The Balaban J connectivity index is 4.43. The first-order valence-electron chi connectivity index (χ1n) is 5.41. The minimum atomic E-state index is 0.481. The van der Waals surface area contributed by atoms with Crippen LogP contribution in [-0.4, -0.2) is 33.8 Å². The molecule has 3 heteroatoms. The van der Waals surface area contributed by atoms with Crippen LogP contribution in [0.3, 0.4) is 0 Å².